The van der Waals surface area contributed by atoms with Crippen molar-refractivity contribution in [2.45, 2.75) is 0 Å². The van der Waals surface area contributed by atoms with Crippen molar-refractivity contribution in [1.29, 1.82) is 0 Å². The Morgan fingerprint density at radius 3 is 2.65 bits per heavy atom. The van der Waals surface area contributed by atoms with Gasteiger partial charge in [-0.3, -0.25) is 14.9 Å². The zero-order chi connectivity index (χ0) is 13.8. The minimum atomic E-state index is 0.600. The molecule has 3 rings (SSSR count). The summed E-state index contributed by atoms with van der Waals surface area (Å²) in [7, 11) is 0. The van der Waals surface area contributed by atoms with E-state index >= 15 is 0 Å². The summed E-state index contributed by atoms with van der Waals surface area (Å²) in [6, 6.07) is 11.1. The first-order chi connectivity index (χ1) is 9.86. The van der Waals surface area contributed by atoms with Gasteiger partial charge in [0.15, 0.2) is 11.6 Å². The van der Waals surface area contributed by atoms with Crippen LogP contribution in [0.25, 0.3) is 22.8 Å². The number of amides is 1. The molecule has 6 nitrogen and oxygen atoms in total. The second-order valence-corrected chi connectivity index (χ2v) is 4.09. The minimum absolute atomic E-state index is 0.600. The van der Waals surface area contributed by atoms with Gasteiger partial charge in [-0.25, -0.2) is 4.98 Å². The van der Waals surface area contributed by atoms with Crippen LogP contribution in [-0.2, 0) is 4.79 Å². The van der Waals surface area contributed by atoms with Crippen LogP contribution in [0.15, 0.2) is 48.8 Å². The SMILES string of the molecule is O=CNc1ccc(-c2nc(-c3cccnc3)n[nH]2)cc1. The molecular weight excluding hydrogens is 254 g/mol. The molecule has 0 atom stereocenters. The average Bonchev–Trinajstić information content (AvgIpc) is 2.99. The first-order valence-corrected chi connectivity index (χ1v) is 6.00. The highest BCUT2D eigenvalue weighted by Crippen LogP contribution is 2.20. The third kappa shape index (κ3) is 2.39. The highest BCUT2D eigenvalue weighted by molar-refractivity contribution is 5.72. The molecule has 2 aromatic heterocycles. The molecule has 0 aliphatic rings. The quantitative estimate of drug-likeness (QED) is 0.707. The molecule has 0 radical (unpaired) electrons. The number of anilines is 1. The zero-order valence-electron chi connectivity index (χ0n) is 10.4. The summed E-state index contributed by atoms with van der Waals surface area (Å²) < 4.78 is 0. The van der Waals surface area contributed by atoms with Crippen molar-refractivity contribution in [1.82, 2.24) is 20.2 Å². The van der Waals surface area contributed by atoms with Gasteiger partial charge in [-0.15, -0.1) is 0 Å². The number of hydrogen-bond donors (Lipinski definition) is 2. The fourth-order valence-corrected chi connectivity index (χ4v) is 1.81. The van der Waals surface area contributed by atoms with E-state index in [9.17, 15) is 4.79 Å². The van der Waals surface area contributed by atoms with E-state index in [4.69, 9.17) is 0 Å². The van der Waals surface area contributed by atoms with Crippen molar-refractivity contribution in [3.63, 3.8) is 0 Å². The molecule has 2 N–H and O–H groups in total. The third-order valence-corrected chi connectivity index (χ3v) is 2.79. The van der Waals surface area contributed by atoms with Crippen LogP contribution >= 0.6 is 0 Å². The van der Waals surface area contributed by atoms with Crippen molar-refractivity contribution in [3.8, 4) is 22.8 Å². The summed E-state index contributed by atoms with van der Waals surface area (Å²) in [6.45, 7) is 0. The lowest BCUT2D eigenvalue weighted by Crippen LogP contribution is -1.92. The lowest BCUT2D eigenvalue weighted by atomic mass is 10.2. The van der Waals surface area contributed by atoms with Crippen LogP contribution in [-0.4, -0.2) is 26.6 Å². The molecule has 0 unspecified atom stereocenters. The number of rotatable bonds is 4. The Labute approximate surface area is 114 Å². The lowest BCUT2D eigenvalue weighted by Gasteiger charge is -1.99. The number of pyridine rings is 1. The molecule has 98 valence electrons. The molecule has 0 aliphatic heterocycles. The summed E-state index contributed by atoms with van der Waals surface area (Å²) in [6.07, 6.45) is 4.06. The summed E-state index contributed by atoms with van der Waals surface area (Å²) in [5.74, 6) is 1.27. The van der Waals surface area contributed by atoms with Crippen molar-refractivity contribution in [2.75, 3.05) is 5.32 Å². The monoisotopic (exact) mass is 265 g/mol. The molecule has 0 saturated heterocycles. The second-order valence-electron chi connectivity index (χ2n) is 4.09. The molecule has 0 bridgehead atoms. The van der Waals surface area contributed by atoms with Gasteiger partial charge in [-0.05, 0) is 36.4 Å². The molecule has 2 heterocycles. The third-order valence-electron chi connectivity index (χ3n) is 2.79. The number of carbonyl (C=O) groups excluding carboxylic acids is 1. The van der Waals surface area contributed by atoms with Gasteiger partial charge in [-0.2, -0.15) is 5.10 Å². The highest BCUT2D eigenvalue weighted by atomic mass is 16.1. The molecule has 3 aromatic rings. The molecule has 0 aliphatic carbocycles. The van der Waals surface area contributed by atoms with E-state index in [-0.39, 0.29) is 0 Å². The maximum Gasteiger partial charge on any atom is 0.211 e. The Balaban J connectivity index is 1.88. The number of H-pyrrole nitrogens is 1. The van der Waals surface area contributed by atoms with Gasteiger partial charge in [0.05, 0.1) is 0 Å². The van der Waals surface area contributed by atoms with Crippen LogP contribution in [0.2, 0.25) is 0 Å². The molecule has 0 saturated carbocycles. The smallest absolute Gasteiger partial charge is 0.211 e. The van der Waals surface area contributed by atoms with Gasteiger partial charge in [0.2, 0.25) is 6.41 Å². The molecule has 20 heavy (non-hydrogen) atoms. The maximum atomic E-state index is 10.3. The Kier molecular flexibility index (Phi) is 3.20. The number of aromatic amines is 1. The van der Waals surface area contributed by atoms with Crippen molar-refractivity contribution in [3.05, 3.63) is 48.8 Å². The summed E-state index contributed by atoms with van der Waals surface area (Å²) in [4.78, 5) is 18.8. The molecular formula is C14H11N5O. The van der Waals surface area contributed by atoms with E-state index in [1.54, 1.807) is 24.5 Å². The Morgan fingerprint density at radius 2 is 1.95 bits per heavy atom. The van der Waals surface area contributed by atoms with E-state index in [0.717, 1.165) is 16.8 Å². The highest BCUT2D eigenvalue weighted by Gasteiger charge is 2.07. The van der Waals surface area contributed by atoms with Gasteiger partial charge in [0.1, 0.15) is 0 Å². The minimum Gasteiger partial charge on any atom is -0.329 e. The van der Waals surface area contributed by atoms with Crippen molar-refractivity contribution < 1.29 is 4.79 Å². The average molecular weight is 265 g/mol. The molecule has 0 spiro atoms. The second kappa shape index (κ2) is 5.31. The predicted molar refractivity (Wildman–Crippen MR) is 74.7 cm³/mol. The van der Waals surface area contributed by atoms with Crippen LogP contribution in [0.4, 0.5) is 5.69 Å². The fourth-order valence-electron chi connectivity index (χ4n) is 1.81. The summed E-state index contributed by atoms with van der Waals surface area (Å²) in [5.41, 5.74) is 2.48. The van der Waals surface area contributed by atoms with E-state index in [1.165, 1.54) is 0 Å². The largest absolute Gasteiger partial charge is 0.329 e. The number of hydrogen-bond acceptors (Lipinski definition) is 4. The number of aromatic nitrogens is 4. The number of nitrogens with one attached hydrogen (secondary N) is 2. The van der Waals surface area contributed by atoms with Crippen LogP contribution < -0.4 is 5.32 Å². The van der Waals surface area contributed by atoms with E-state index < -0.39 is 0 Å². The van der Waals surface area contributed by atoms with Crippen LogP contribution in [0.3, 0.4) is 0 Å². The molecule has 0 fully saturated rings. The van der Waals surface area contributed by atoms with Crippen molar-refractivity contribution >= 4 is 12.1 Å². The number of carbonyl (C=O) groups is 1. The van der Waals surface area contributed by atoms with E-state index in [1.807, 2.05) is 24.3 Å². The van der Waals surface area contributed by atoms with Gasteiger partial charge < -0.3 is 5.32 Å². The first-order valence-electron chi connectivity index (χ1n) is 6.00. The Bertz CT molecular complexity index is 706. The fraction of sp³-hybridized carbons (Fsp3) is 0. The standard InChI is InChI=1S/C14H11N5O/c20-9-16-12-5-3-10(4-6-12)13-17-14(19-18-13)11-2-1-7-15-8-11/h1-9H,(H,16,20)(H,17,18,19). The van der Waals surface area contributed by atoms with Gasteiger partial charge in [0.25, 0.3) is 0 Å². The predicted octanol–water partition coefficient (Wildman–Crippen LogP) is 2.10. The van der Waals surface area contributed by atoms with E-state index in [2.05, 4.69) is 25.5 Å². The van der Waals surface area contributed by atoms with Crippen molar-refractivity contribution in [2.24, 2.45) is 0 Å². The van der Waals surface area contributed by atoms with Crippen LogP contribution in [0.5, 0.6) is 0 Å². The first kappa shape index (κ1) is 12.0. The summed E-state index contributed by atoms with van der Waals surface area (Å²) >= 11 is 0. The molecule has 6 heteroatoms. The Morgan fingerprint density at radius 1 is 1.10 bits per heavy atom. The van der Waals surface area contributed by atoms with Crippen LogP contribution in [0, 0.1) is 0 Å². The lowest BCUT2D eigenvalue weighted by molar-refractivity contribution is -0.105. The molecule has 1 aromatic carbocycles. The van der Waals surface area contributed by atoms with E-state index in [0.29, 0.717) is 18.1 Å². The number of benzene rings is 1. The van der Waals surface area contributed by atoms with Gasteiger partial charge >= 0.3 is 0 Å². The summed E-state index contributed by atoms with van der Waals surface area (Å²) in [5, 5.41) is 9.65. The topological polar surface area (TPSA) is 83.6 Å². The Hall–Kier alpha value is -3.02. The van der Waals surface area contributed by atoms with Gasteiger partial charge in [0, 0.05) is 29.2 Å². The molecule has 1 amide bonds. The van der Waals surface area contributed by atoms with Gasteiger partial charge in [-0.1, -0.05) is 0 Å². The van der Waals surface area contributed by atoms with Crippen LogP contribution in [0.1, 0.15) is 0 Å². The zero-order valence-corrected chi connectivity index (χ0v) is 10.4. The maximum absolute atomic E-state index is 10.3. The normalized spacial score (nSPS) is 10.2. The number of nitrogens with zero attached hydrogens (tertiary/aromatic N) is 3.